The molecule has 10 nitrogen and oxygen atoms in total. The number of rotatable bonds is 10. The average molecular weight is 438 g/mol. The van der Waals surface area contributed by atoms with Gasteiger partial charge in [0.2, 0.25) is 5.91 Å². The van der Waals surface area contributed by atoms with Gasteiger partial charge in [-0.15, -0.1) is 0 Å². The number of carbonyl (C=O) groups excluding carboxylic acids is 4. The van der Waals surface area contributed by atoms with E-state index < -0.39 is 23.0 Å². The fourth-order valence-electron chi connectivity index (χ4n) is 2.37. The minimum absolute atomic E-state index is 0.176. The highest BCUT2D eigenvalue weighted by Gasteiger charge is 2.36. The van der Waals surface area contributed by atoms with E-state index in [0.717, 1.165) is 16.7 Å². The molecule has 2 rings (SSSR count). The molecule has 1 N–H and O–H groups in total. The SMILES string of the molecule is COCCNC(=O)CN1C(=O)S/C(=C\c2ccc(OCC(=O)OC)c(OC)c2)C1=O. The van der Waals surface area contributed by atoms with E-state index >= 15 is 0 Å². The van der Waals surface area contributed by atoms with Crippen molar-refractivity contribution in [3.8, 4) is 11.5 Å². The van der Waals surface area contributed by atoms with Crippen molar-refractivity contribution in [2.45, 2.75) is 0 Å². The molecule has 1 heterocycles. The summed E-state index contributed by atoms with van der Waals surface area (Å²) in [7, 11) is 4.18. The van der Waals surface area contributed by atoms with Crippen molar-refractivity contribution in [1.29, 1.82) is 0 Å². The summed E-state index contributed by atoms with van der Waals surface area (Å²) < 4.78 is 19.9. The Balaban J connectivity index is 2.09. The molecular formula is C19H22N2O8S. The first-order valence-electron chi connectivity index (χ1n) is 8.78. The van der Waals surface area contributed by atoms with E-state index in [1.54, 1.807) is 18.2 Å². The molecule has 0 radical (unpaired) electrons. The van der Waals surface area contributed by atoms with E-state index in [1.807, 2.05) is 0 Å². The topological polar surface area (TPSA) is 120 Å². The maximum Gasteiger partial charge on any atom is 0.343 e. The summed E-state index contributed by atoms with van der Waals surface area (Å²) in [4.78, 5) is 48.8. The van der Waals surface area contributed by atoms with E-state index in [9.17, 15) is 19.2 Å². The van der Waals surface area contributed by atoms with Gasteiger partial charge >= 0.3 is 5.97 Å². The molecule has 162 valence electrons. The molecular weight excluding hydrogens is 416 g/mol. The lowest BCUT2D eigenvalue weighted by Crippen LogP contribution is -2.40. The van der Waals surface area contributed by atoms with E-state index in [-0.39, 0.29) is 24.6 Å². The second-order valence-corrected chi connectivity index (χ2v) is 6.88. The van der Waals surface area contributed by atoms with Gasteiger partial charge in [-0.25, -0.2) is 4.79 Å². The van der Waals surface area contributed by atoms with Gasteiger partial charge in [0.25, 0.3) is 11.1 Å². The summed E-state index contributed by atoms with van der Waals surface area (Å²) >= 11 is 0.742. The monoisotopic (exact) mass is 438 g/mol. The summed E-state index contributed by atoms with van der Waals surface area (Å²) in [5.41, 5.74) is 0.576. The second-order valence-electron chi connectivity index (χ2n) is 5.89. The number of hydrogen-bond donors (Lipinski definition) is 1. The van der Waals surface area contributed by atoms with Crippen molar-refractivity contribution < 1.29 is 38.1 Å². The maximum atomic E-state index is 12.5. The highest BCUT2D eigenvalue weighted by Crippen LogP contribution is 2.34. The number of esters is 1. The molecule has 3 amide bonds. The molecule has 0 bridgehead atoms. The Labute approximate surface area is 177 Å². The molecule has 0 saturated carbocycles. The van der Waals surface area contributed by atoms with Crippen LogP contribution in [-0.2, 0) is 23.9 Å². The summed E-state index contributed by atoms with van der Waals surface area (Å²) in [6.45, 7) is -0.0345. The van der Waals surface area contributed by atoms with Gasteiger partial charge in [0.15, 0.2) is 18.1 Å². The molecule has 0 unspecified atom stereocenters. The predicted molar refractivity (Wildman–Crippen MR) is 108 cm³/mol. The van der Waals surface area contributed by atoms with E-state index in [4.69, 9.17) is 14.2 Å². The number of benzene rings is 1. The number of carbonyl (C=O) groups is 4. The number of amides is 3. The number of ether oxygens (including phenoxy) is 4. The first-order chi connectivity index (χ1) is 14.4. The molecule has 0 spiro atoms. The van der Waals surface area contributed by atoms with Crippen molar-refractivity contribution in [2.24, 2.45) is 0 Å². The fourth-order valence-corrected chi connectivity index (χ4v) is 3.21. The summed E-state index contributed by atoms with van der Waals surface area (Å²) in [5.74, 6) is -0.896. The van der Waals surface area contributed by atoms with Gasteiger partial charge in [-0.1, -0.05) is 6.07 Å². The Morgan fingerprint density at radius 2 is 1.93 bits per heavy atom. The second kappa shape index (κ2) is 11.2. The van der Waals surface area contributed by atoms with Crippen LogP contribution in [0.4, 0.5) is 4.79 Å². The Morgan fingerprint density at radius 3 is 2.60 bits per heavy atom. The van der Waals surface area contributed by atoms with Crippen molar-refractivity contribution in [3.05, 3.63) is 28.7 Å². The minimum atomic E-state index is -0.558. The molecule has 1 saturated heterocycles. The van der Waals surface area contributed by atoms with Gasteiger partial charge < -0.3 is 24.3 Å². The van der Waals surface area contributed by atoms with Crippen molar-refractivity contribution in [1.82, 2.24) is 10.2 Å². The summed E-state index contributed by atoms with van der Waals surface area (Å²) in [6.07, 6.45) is 1.51. The molecule has 30 heavy (non-hydrogen) atoms. The van der Waals surface area contributed by atoms with Crippen LogP contribution in [0.5, 0.6) is 11.5 Å². The zero-order valence-corrected chi connectivity index (χ0v) is 17.6. The first kappa shape index (κ1) is 23.2. The van der Waals surface area contributed by atoms with Crippen LogP contribution in [0.1, 0.15) is 5.56 Å². The summed E-state index contributed by atoms with van der Waals surface area (Å²) in [5, 5.41) is 2.03. The Kier molecular flexibility index (Phi) is 8.69. The molecule has 11 heteroatoms. The van der Waals surface area contributed by atoms with Crippen LogP contribution in [0.25, 0.3) is 6.08 Å². The average Bonchev–Trinajstić information content (AvgIpc) is 2.99. The lowest BCUT2D eigenvalue weighted by atomic mass is 10.2. The molecule has 0 aromatic heterocycles. The van der Waals surface area contributed by atoms with Crippen LogP contribution in [0.3, 0.4) is 0 Å². The molecule has 0 atom stereocenters. The maximum absolute atomic E-state index is 12.5. The molecule has 1 aliphatic heterocycles. The number of hydrogen-bond acceptors (Lipinski definition) is 9. The molecule has 1 aromatic carbocycles. The van der Waals surface area contributed by atoms with Crippen molar-refractivity contribution in [3.63, 3.8) is 0 Å². The van der Waals surface area contributed by atoms with E-state index in [2.05, 4.69) is 10.1 Å². The Morgan fingerprint density at radius 1 is 1.17 bits per heavy atom. The number of imide groups is 1. The van der Waals surface area contributed by atoms with Gasteiger partial charge in [0, 0.05) is 13.7 Å². The first-order valence-corrected chi connectivity index (χ1v) is 9.60. The molecule has 1 fully saturated rings. The van der Waals surface area contributed by atoms with Crippen LogP contribution < -0.4 is 14.8 Å². The molecule has 0 aliphatic carbocycles. The number of nitrogens with one attached hydrogen (secondary N) is 1. The lowest BCUT2D eigenvalue weighted by molar-refractivity contribution is -0.143. The lowest BCUT2D eigenvalue weighted by Gasteiger charge is -2.12. The third kappa shape index (κ3) is 6.22. The van der Waals surface area contributed by atoms with Crippen LogP contribution in [0.2, 0.25) is 0 Å². The van der Waals surface area contributed by atoms with Crippen LogP contribution in [0.15, 0.2) is 23.1 Å². The third-order valence-electron chi connectivity index (χ3n) is 3.86. The molecule has 1 aromatic rings. The van der Waals surface area contributed by atoms with E-state index in [1.165, 1.54) is 27.4 Å². The number of nitrogens with zero attached hydrogens (tertiary/aromatic N) is 1. The highest BCUT2D eigenvalue weighted by atomic mass is 32.2. The quantitative estimate of drug-likeness (QED) is 0.324. The standard InChI is InChI=1S/C19H22N2O8S/c1-26-7-6-20-16(22)10-21-18(24)15(30-19(21)25)9-12-4-5-13(14(8-12)27-2)29-11-17(23)28-3/h4-5,8-9H,6-7,10-11H2,1-3H3,(H,20,22)/b15-9-. The summed E-state index contributed by atoms with van der Waals surface area (Å²) in [6, 6.07) is 4.81. The van der Waals surface area contributed by atoms with Crippen LogP contribution in [-0.4, -0.2) is 75.6 Å². The fraction of sp³-hybridized carbons (Fsp3) is 0.368. The highest BCUT2D eigenvalue weighted by molar-refractivity contribution is 8.18. The van der Waals surface area contributed by atoms with Crippen LogP contribution >= 0.6 is 11.8 Å². The van der Waals surface area contributed by atoms with Gasteiger partial charge in [-0.3, -0.25) is 19.3 Å². The zero-order valence-electron chi connectivity index (χ0n) is 16.8. The van der Waals surface area contributed by atoms with Gasteiger partial charge in [0.1, 0.15) is 6.54 Å². The van der Waals surface area contributed by atoms with Crippen molar-refractivity contribution in [2.75, 3.05) is 47.6 Å². The van der Waals surface area contributed by atoms with Crippen molar-refractivity contribution >= 4 is 40.9 Å². The third-order valence-corrected chi connectivity index (χ3v) is 4.77. The number of thioether (sulfide) groups is 1. The van der Waals surface area contributed by atoms with Gasteiger partial charge in [-0.05, 0) is 35.5 Å². The zero-order chi connectivity index (χ0) is 22.1. The molecule has 1 aliphatic rings. The van der Waals surface area contributed by atoms with Gasteiger partial charge in [-0.2, -0.15) is 0 Å². The smallest absolute Gasteiger partial charge is 0.343 e. The predicted octanol–water partition coefficient (Wildman–Crippen LogP) is 1.05. The van der Waals surface area contributed by atoms with Gasteiger partial charge in [0.05, 0.1) is 25.7 Å². The van der Waals surface area contributed by atoms with E-state index in [0.29, 0.717) is 23.7 Å². The Bertz CT molecular complexity index is 855. The van der Waals surface area contributed by atoms with Crippen LogP contribution in [0, 0.1) is 0 Å². The minimum Gasteiger partial charge on any atom is -0.493 e. The largest absolute Gasteiger partial charge is 0.493 e. The normalized spacial score (nSPS) is 14.8. The Hall–Kier alpha value is -3.05. The number of methoxy groups -OCH3 is 3.